The number of ether oxygens (including phenoxy) is 3. The van der Waals surface area contributed by atoms with E-state index in [2.05, 4.69) is 29.6 Å². The number of aryl methyl sites for hydroxylation is 1. The second-order valence-electron chi connectivity index (χ2n) is 7.80. The first-order valence-corrected chi connectivity index (χ1v) is 11.7. The molecule has 12 nitrogen and oxygen atoms in total. The molecule has 2 heterocycles. The summed E-state index contributed by atoms with van der Waals surface area (Å²) in [6.07, 6.45) is -15.2. The van der Waals surface area contributed by atoms with Gasteiger partial charge in [0.15, 0.2) is 5.82 Å². The van der Waals surface area contributed by atoms with Crippen LogP contribution < -0.4 is 20.9 Å². The average molecular weight is 645 g/mol. The SMILES string of the molecule is COC(=O)NNC(=O)c1cc(Cl)cc(C)c1NC(=O)c1cc(OC(F)(F)C(F)OC(F)(F)F)nn1-c1ncccc1Cl. The van der Waals surface area contributed by atoms with Crippen molar-refractivity contribution < 1.29 is 54.9 Å². The van der Waals surface area contributed by atoms with Crippen molar-refractivity contribution in [2.75, 3.05) is 12.4 Å². The van der Waals surface area contributed by atoms with Crippen LogP contribution in [0.5, 0.6) is 5.88 Å². The highest BCUT2D eigenvalue weighted by Gasteiger charge is 2.51. The Labute approximate surface area is 240 Å². The van der Waals surface area contributed by atoms with Crippen molar-refractivity contribution in [1.82, 2.24) is 25.6 Å². The molecule has 226 valence electrons. The summed E-state index contributed by atoms with van der Waals surface area (Å²) in [4.78, 5) is 41.3. The topological polar surface area (TPSA) is 146 Å². The molecule has 0 saturated heterocycles. The molecule has 0 aliphatic rings. The number of carbonyl (C=O) groups is 3. The molecule has 3 amide bonds. The first kappa shape index (κ1) is 32.2. The van der Waals surface area contributed by atoms with Crippen molar-refractivity contribution in [2.45, 2.75) is 25.8 Å². The van der Waals surface area contributed by atoms with E-state index in [1.807, 2.05) is 10.9 Å². The van der Waals surface area contributed by atoms with Crippen molar-refractivity contribution >= 4 is 46.8 Å². The molecule has 0 saturated carbocycles. The number of methoxy groups -OCH3 is 1. The summed E-state index contributed by atoms with van der Waals surface area (Å²) < 4.78 is 90.1. The highest BCUT2D eigenvalue weighted by molar-refractivity contribution is 6.32. The van der Waals surface area contributed by atoms with Gasteiger partial charge < -0.3 is 14.8 Å². The molecule has 0 aliphatic heterocycles. The van der Waals surface area contributed by atoms with Crippen LogP contribution in [0.15, 0.2) is 36.5 Å². The fraction of sp³-hybridized carbons (Fsp3) is 0.227. The molecule has 0 aliphatic carbocycles. The quantitative estimate of drug-likeness (QED) is 0.231. The maximum absolute atomic E-state index is 14.1. The van der Waals surface area contributed by atoms with Crippen LogP contribution in [-0.4, -0.2) is 58.6 Å². The van der Waals surface area contributed by atoms with Gasteiger partial charge in [-0.1, -0.05) is 23.2 Å². The Morgan fingerprint density at radius 3 is 2.36 bits per heavy atom. The Bertz CT molecular complexity index is 1500. The molecule has 1 aromatic carbocycles. The lowest BCUT2D eigenvalue weighted by molar-refractivity contribution is -0.411. The van der Waals surface area contributed by atoms with Crippen molar-refractivity contribution in [3.8, 4) is 11.7 Å². The molecule has 0 radical (unpaired) electrons. The van der Waals surface area contributed by atoms with Gasteiger partial charge in [0.05, 0.1) is 23.4 Å². The minimum atomic E-state index is -5.77. The molecule has 1 unspecified atom stereocenters. The second kappa shape index (κ2) is 12.7. The summed E-state index contributed by atoms with van der Waals surface area (Å²) in [6, 6.07) is 5.61. The van der Waals surface area contributed by atoms with Gasteiger partial charge >= 0.3 is 24.9 Å². The molecule has 2 aromatic heterocycles. The highest BCUT2D eigenvalue weighted by atomic mass is 35.5. The van der Waals surface area contributed by atoms with Gasteiger partial charge in [-0.15, -0.1) is 18.3 Å². The number of rotatable bonds is 8. The van der Waals surface area contributed by atoms with Gasteiger partial charge in [-0.3, -0.25) is 15.0 Å². The molecular formula is C22H16Cl2F6N6O6. The molecule has 20 heteroatoms. The number of pyridine rings is 1. The summed E-state index contributed by atoms with van der Waals surface area (Å²) in [5.74, 6) is -3.73. The van der Waals surface area contributed by atoms with Crippen LogP contribution in [0, 0.1) is 6.92 Å². The smallest absolute Gasteiger partial charge is 0.452 e. The lowest BCUT2D eigenvalue weighted by Gasteiger charge is -2.20. The molecule has 3 aromatic rings. The molecule has 0 spiro atoms. The minimum Gasteiger partial charge on any atom is -0.452 e. The number of hydrogen-bond acceptors (Lipinski definition) is 8. The monoisotopic (exact) mass is 644 g/mol. The largest absolute Gasteiger partial charge is 0.525 e. The van der Waals surface area contributed by atoms with E-state index in [1.54, 1.807) is 0 Å². The zero-order chi connectivity index (χ0) is 31.4. The number of halogens is 8. The number of aromatic nitrogens is 3. The predicted molar refractivity (Wildman–Crippen MR) is 131 cm³/mol. The van der Waals surface area contributed by atoms with E-state index in [9.17, 15) is 40.7 Å². The standard InChI is InChI=1S/C22H16Cl2F6N6O6/c1-9-6-10(23)7-11(17(37)33-34-20(39)40-2)15(9)32-18(38)13-8-14(35-36(13)16-12(24)4-3-5-31-16)41-21(26,27)19(25)42-22(28,29)30/h3-8,19H,1-2H3,(H,32,38)(H,33,37)(H,34,39). The number of alkyl halides is 6. The van der Waals surface area contributed by atoms with Crippen molar-refractivity contribution in [3.63, 3.8) is 0 Å². The normalized spacial score (nSPS) is 12.3. The second-order valence-corrected chi connectivity index (χ2v) is 8.65. The number of benzene rings is 1. The Balaban J connectivity index is 2.03. The van der Waals surface area contributed by atoms with E-state index >= 15 is 0 Å². The van der Waals surface area contributed by atoms with Crippen molar-refractivity contribution in [3.05, 3.63) is 63.4 Å². The first-order chi connectivity index (χ1) is 19.5. The van der Waals surface area contributed by atoms with Crippen molar-refractivity contribution in [2.24, 2.45) is 0 Å². The fourth-order valence-corrected chi connectivity index (χ4v) is 3.60. The number of carbonyl (C=O) groups excluding carboxylic acids is 3. The molecule has 3 rings (SSSR count). The minimum absolute atomic E-state index is 0.0406. The maximum atomic E-state index is 14.1. The lowest BCUT2D eigenvalue weighted by Crippen LogP contribution is -2.41. The number of nitrogens with zero attached hydrogens (tertiary/aromatic N) is 3. The van der Waals surface area contributed by atoms with Crippen molar-refractivity contribution in [1.29, 1.82) is 0 Å². The Hall–Kier alpha value is -4.29. The van der Waals surface area contributed by atoms with Crippen LogP contribution in [-0.2, 0) is 9.47 Å². The molecule has 0 bridgehead atoms. The van der Waals surface area contributed by atoms with E-state index in [-0.39, 0.29) is 32.7 Å². The van der Waals surface area contributed by atoms with E-state index in [0.29, 0.717) is 10.7 Å². The lowest BCUT2D eigenvalue weighted by atomic mass is 10.1. The van der Waals surface area contributed by atoms with Crippen LogP contribution in [0.2, 0.25) is 10.0 Å². The van der Waals surface area contributed by atoms with Crippen LogP contribution in [0.1, 0.15) is 26.4 Å². The fourth-order valence-electron chi connectivity index (χ4n) is 3.13. The molecular weight excluding hydrogens is 629 g/mol. The van der Waals surface area contributed by atoms with E-state index < -0.39 is 48.3 Å². The number of amides is 3. The van der Waals surface area contributed by atoms with Gasteiger partial charge in [0.2, 0.25) is 5.88 Å². The average Bonchev–Trinajstić information content (AvgIpc) is 3.30. The zero-order valence-corrected chi connectivity index (χ0v) is 22.4. The van der Waals surface area contributed by atoms with Crippen LogP contribution >= 0.6 is 23.2 Å². The highest BCUT2D eigenvalue weighted by Crippen LogP contribution is 2.33. The third-order valence-corrected chi connectivity index (χ3v) is 5.36. The van der Waals surface area contributed by atoms with Gasteiger partial charge in [-0.2, -0.15) is 8.78 Å². The van der Waals surface area contributed by atoms with Gasteiger partial charge in [-0.05, 0) is 36.8 Å². The van der Waals surface area contributed by atoms with Gasteiger partial charge in [-0.25, -0.2) is 29.0 Å². The van der Waals surface area contributed by atoms with E-state index in [1.165, 1.54) is 31.3 Å². The third kappa shape index (κ3) is 7.92. The summed E-state index contributed by atoms with van der Waals surface area (Å²) in [5, 5.41) is 5.77. The summed E-state index contributed by atoms with van der Waals surface area (Å²) in [6.45, 7) is 1.43. The van der Waals surface area contributed by atoms with Gasteiger partial charge in [0, 0.05) is 17.3 Å². The van der Waals surface area contributed by atoms with Gasteiger partial charge in [0.1, 0.15) is 5.69 Å². The Morgan fingerprint density at radius 1 is 1.05 bits per heavy atom. The molecule has 3 N–H and O–H groups in total. The number of anilines is 1. The predicted octanol–water partition coefficient (Wildman–Crippen LogP) is 4.94. The van der Waals surface area contributed by atoms with Crippen LogP contribution in [0.3, 0.4) is 0 Å². The Kier molecular flexibility index (Phi) is 9.75. The van der Waals surface area contributed by atoms with Crippen LogP contribution in [0.4, 0.5) is 36.8 Å². The molecule has 1 atom stereocenters. The van der Waals surface area contributed by atoms with E-state index in [0.717, 1.165) is 13.2 Å². The summed E-state index contributed by atoms with van der Waals surface area (Å²) >= 11 is 12.1. The zero-order valence-electron chi connectivity index (χ0n) is 20.9. The van der Waals surface area contributed by atoms with Gasteiger partial charge in [0.25, 0.3) is 11.8 Å². The van der Waals surface area contributed by atoms with E-state index in [4.69, 9.17) is 23.2 Å². The molecule has 42 heavy (non-hydrogen) atoms. The first-order valence-electron chi connectivity index (χ1n) is 10.9. The Morgan fingerprint density at radius 2 is 1.74 bits per heavy atom. The number of nitrogens with one attached hydrogen (secondary N) is 3. The van der Waals surface area contributed by atoms with Crippen LogP contribution in [0.25, 0.3) is 5.82 Å². The summed E-state index contributed by atoms with van der Waals surface area (Å²) in [7, 11) is 1.03. The number of hydrazine groups is 1. The summed E-state index contributed by atoms with van der Waals surface area (Å²) in [5.41, 5.74) is 2.98. The maximum Gasteiger partial charge on any atom is 0.525 e. The number of hydrogen-bond donors (Lipinski definition) is 3. The third-order valence-electron chi connectivity index (χ3n) is 4.85. The molecule has 0 fully saturated rings.